The van der Waals surface area contributed by atoms with Gasteiger partial charge in [-0.15, -0.1) is 0 Å². The topological polar surface area (TPSA) is 147 Å². The summed E-state index contributed by atoms with van der Waals surface area (Å²) in [6.45, 7) is 3.68. The second-order valence-electron chi connectivity index (χ2n) is 8.31. The highest BCUT2D eigenvalue weighted by Gasteiger charge is 2.07. The Hall–Kier alpha value is -4.16. The van der Waals surface area contributed by atoms with E-state index in [1.807, 2.05) is 68.4 Å². The second kappa shape index (κ2) is 13.1. The molecule has 5 aromatic rings. The summed E-state index contributed by atoms with van der Waals surface area (Å²) in [5.74, 6) is 0.835. The number of nitrogens with zero attached hydrogens (tertiary/aromatic N) is 2. The van der Waals surface area contributed by atoms with E-state index >= 15 is 0 Å². The normalized spacial score (nSPS) is 11.0. The van der Waals surface area contributed by atoms with Crippen molar-refractivity contribution in [1.29, 1.82) is 0 Å². The van der Waals surface area contributed by atoms with Crippen molar-refractivity contribution >= 4 is 42.6 Å². The molecule has 0 saturated heterocycles. The van der Waals surface area contributed by atoms with Gasteiger partial charge in [-0.3, -0.25) is 9.11 Å². The van der Waals surface area contributed by atoms with Crippen molar-refractivity contribution in [3.05, 3.63) is 121 Å². The van der Waals surface area contributed by atoms with Crippen molar-refractivity contribution in [2.75, 3.05) is 5.32 Å². The van der Waals surface area contributed by atoms with Gasteiger partial charge in [0.05, 0.1) is 15.3 Å². The molecule has 39 heavy (non-hydrogen) atoms. The molecule has 4 aromatic carbocycles. The Balaban J connectivity index is 0.000000169. The number of para-hydroxylation sites is 2. The minimum absolute atomic E-state index is 0.0666. The molecule has 0 atom stereocenters. The molecule has 1 aromatic heterocycles. The number of nitrogens with one attached hydrogen (secondary N) is 1. The predicted octanol–water partition coefficient (Wildman–Crippen LogP) is 5.86. The van der Waals surface area contributed by atoms with Gasteiger partial charge in [-0.1, -0.05) is 65.7 Å². The fourth-order valence-corrected chi connectivity index (χ4v) is 4.14. The lowest BCUT2D eigenvalue weighted by molar-refractivity contribution is 0.481. The van der Waals surface area contributed by atoms with E-state index in [4.69, 9.17) is 9.11 Å². The van der Waals surface area contributed by atoms with Crippen LogP contribution >= 0.6 is 0 Å². The van der Waals surface area contributed by atoms with E-state index in [-0.39, 0.29) is 9.79 Å². The smallest absolute Gasteiger partial charge is 0.294 e. The summed E-state index contributed by atoms with van der Waals surface area (Å²) in [5.41, 5.74) is 3.88. The third-order valence-electron chi connectivity index (χ3n) is 5.22. The summed E-state index contributed by atoms with van der Waals surface area (Å²) in [6, 6.07) is 29.9. The van der Waals surface area contributed by atoms with Gasteiger partial charge in [0.25, 0.3) is 20.2 Å². The molecule has 0 saturated carbocycles. The molecule has 0 amide bonds. The summed E-state index contributed by atoms with van der Waals surface area (Å²) >= 11 is 0. The minimum Gasteiger partial charge on any atom is -0.340 e. The van der Waals surface area contributed by atoms with Crippen molar-refractivity contribution in [3.63, 3.8) is 0 Å². The maximum absolute atomic E-state index is 10.5. The third-order valence-corrected chi connectivity index (χ3v) is 6.95. The molecule has 0 aliphatic heterocycles. The Kier molecular flexibility index (Phi) is 9.85. The molecule has 5 rings (SSSR count). The molecule has 0 bridgehead atoms. The molecule has 0 aliphatic rings. The first-order valence-electron chi connectivity index (χ1n) is 11.5. The van der Waals surface area contributed by atoms with Crippen LogP contribution in [0.25, 0.3) is 10.9 Å². The van der Waals surface area contributed by atoms with Crippen LogP contribution in [0.5, 0.6) is 0 Å². The van der Waals surface area contributed by atoms with Gasteiger partial charge in [0.1, 0.15) is 12.1 Å². The van der Waals surface area contributed by atoms with Crippen LogP contribution in [0.4, 0.5) is 11.5 Å². The van der Waals surface area contributed by atoms with Gasteiger partial charge in [-0.25, -0.2) is 9.97 Å². The third kappa shape index (κ3) is 9.27. The van der Waals surface area contributed by atoms with Crippen LogP contribution in [0.1, 0.15) is 11.1 Å². The standard InChI is InChI=1S/C14H11N3.2C7H8O3S/c1-2-6-11(7-3-1)17-14-12-8-4-5-9-13(12)15-10-16-14;2*1-6-2-4-7(5-3-6)11(8,9)10/h1-10H,(H,15,16,17);2*2-5H,1H3,(H,8,9,10). The molecule has 0 spiro atoms. The summed E-state index contributed by atoms with van der Waals surface area (Å²) in [5, 5.41) is 4.32. The first kappa shape index (κ1) is 29.4. The molecule has 9 nitrogen and oxygen atoms in total. The lowest BCUT2D eigenvalue weighted by Gasteiger charge is -2.07. The van der Waals surface area contributed by atoms with E-state index < -0.39 is 20.2 Å². The number of aryl methyl sites for hydroxylation is 2. The highest BCUT2D eigenvalue weighted by Crippen LogP contribution is 2.22. The van der Waals surface area contributed by atoms with Crippen LogP contribution in [-0.2, 0) is 20.2 Å². The summed E-state index contributed by atoms with van der Waals surface area (Å²) < 4.78 is 59.1. The Bertz CT molecular complexity index is 1650. The lowest BCUT2D eigenvalue weighted by Crippen LogP contribution is -1.96. The zero-order chi connectivity index (χ0) is 28.5. The van der Waals surface area contributed by atoms with Crippen LogP contribution in [0.3, 0.4) is 0 Å². The van der Waals surface area contributed by atoms with E-state index in [1.54, 1.807) is 30.6 Å². The van der Waals surface area contributed by atoms with Crippen LogP contribution in [-0.4, -0.2) is 35.9 Å². The second-order valence-corrected chi connectivity index (χ2v) is 11.1. The Labute approximate surface area is 227 Å². The Morgan fingerprint density at radius 1 is 0.590 bits per heavy atom. The number of hydrogen-bond acceptors (Lipinski definition) is 7. The number of benzene rings is 4. The number of hydrogen-bond donors (Lipinski definition) is 3. The van der Waals surface area contributed by atoms with E-state index in [2.05, 4.69) is 15.3 Å². The van der Waals surface area contributed by atoms with Gasteiger partial charge in [0, 0.05) is 11.1 Å². The average Bonchev–Trinajstić information content (AvgIpc) is 2.90. The van der Waals surface area contributed by atoms with E-state index in [9.17, 15) is 16.8 Å². The number of rotatable bonds is 4. The first-order valence-corrected chi connectivity index (χ1v) is 14.4. The zero-order valence-electron chi connectivity index (χ0n) is 21.1. The maximum atomic E-state index is 10.5. The molecule has 3 N–H and O–H groups in total. The van der Waals surface area contributed by atoms with Gasteiger partial charge in [0.15, 0.2) is 0 Å². The van der Waals surface area contributed by atoms with E-state index in [0.717, 1.165) is 33.5 Å². The molecule has 0 fully saturated rings. The quantitative estimate of drug-likeness (QED) is 0.228. The molecular weight excluding hydrogens is 538 g/mol. The minimum atomic E-state index is -4.02. The summed E-state index contributed by atoms with van der Waals surface area (Å²) in [6.07, 6.45) is 1.58. The Morgan fingerprint density at radius 3 is 1.54 bits per heavy atom. The molecule has 202 valence electrons. The maximum Gasteiger partial charge on any atom is 0.294 e. The van der Waals surface area contributed by atoms with Crippen LogP contribution < -0.4 is 5.32 Å². The molecule has 11 heteroatoms. The van der Waals surface area contributed by atoms with Crippen molar-refractivity contribution in [2.24, 2.45) is 0 Å². The van der Waals surface area contributed by atoms with Crippen molar-refractivity contribution in [1.82, 2.24) is 9.97 Å². The highest BCUT2D eigenvalue weighted by atomic mass is 32.2. The van der Waals surface area contributed by atoms with Crippen molar-refractivity contribution < 1.29 is 25.9 Å². The molecule has 0 unspecified atom stereocenters. The highest BCUT2D eigenvalue weighted by molar-refractivity contribution is 7.86. The number of fused-ring (bicyclic) bond motifs is 1. The Morgan fingerprint density at radius 2 is 1.05 bits per heavy atom. The van der Waals surface area contributed by atoms with Crippen LogP contribution in [0, 0.1) is 13.8 Å². The number of anilines is 2. The summed E-state index contributed by atoms with van der Waals surface area (Å²) in [7, 11) is -8.04. The summed E-state index contributed by atoms with van der Waals surface area (Å²) in [4.78, 5) is 8.38. The molecule has 1 heterocycles. The number of aromatic nitrogens is 2. The van der Waals surface area contributed by atoms with E-state index in [0.29, 0.717) is 0 Å². The van der Waals surface area contributed by atoms with Crippen molar-refractivity contribution in [2.45, 2.75) is 23.6 Å². The van der Waals surface area contributed by atoms with Crippen molar-refractivity contribution in [3.8, 4) is 0 Å². The van der Waals surface area contributed by atoms with Gasteiger partial charge >= 0.3 is 0 Å². The first-order chi connectivity index (χ1) is 18.4. The van der Waals surface area contributed by atoms with Crippen LogP contribution in [0.2, 0.25) is 0 Å². The van der Waals surface area contributed by atoms with Crippen LogP contribution in [0.15, 0.2) is 119 Å². The molecule has 0 aliphatic carbocycles. The fraction of sp³-hybridized carbons (Fsp3) is 0.0714. The largest absolute Gasteiger partial charge is 0.340 e. The van der Waals surface area contributed by atoms with Gasteiger partial charge < -0.3 is 5.32 Å². The SMILES string of the molecule is Cc1ccc(S(=O)(=O)O)cc1.Cc1ccc(S(=O)(=O)O)cc1.c1ccc(Nc2ncnc3ccccc23)cc1. The average molecular weight is 566 g/mol. The molecular formula is C28H27N3O6S2. The molecule has 0 radical (unpaired) electrons. The monoisotopic (exact) mass is 565 g/mol. The van der Waals surface area contributed by atoms with Gasteiger partial charge in [-0.05, 0) is 62.4 Å². The predicted molar refractivity (Wildman–Crippen MR) is 151 cm³/mol. The lowest BCUT2D eigenvalue weighted by atomic mass is 10.2. The fourth-order valence-electron chi connectivity index (χ4n) is 3.18. The van der Waals surface area contributed by atoms with Gasteiger partial charge in [-0.2, -0.15) is 16.8 Å². The van der Waals surface area contributed by atoms with E-state index in [1.165, 1.54) is 24.3 Å². The van der Waals surface area contributed by atoms with Gasteiger partial charge in [0.2, 0.25) is 0 Å². The zero-order valence-corrected chi connectivity index (χ0v) is 22.8.